The van der Waals surface area contributed by atoms with Crippen LogP contribution in [0.25, 0.3) is 0 Å². The zero-order valence-electron chi connectivity index (χ0n) is 11.8. The highest BCUT2D eigenvalue weighted by Crippen LogP contribution is 2.21. The fraction of sp³-hybridized carbons (Fsp3) is 0.312. The molecule has 0 saturated heterocycles. The highest BCUT2D eigenvalue weighted by Gasteiger charge is 2.05. The molecule has 1 N–H and O–H groups in total. The fourth-order valence-electron chi connectivity index (χ4n) is 1.89. The van der Waals surface area contributed by atoms with Gasteiger partial charge < -0.3 is 10.1 Å². The van der Waals surface area contributed by atoms with Crippen LogP contribution in [0, 0.1) is 12.7 Å². The minimum atomic E-state index is -0.249. The van der Waals surface area contributed by atoms with E-state index in [4.69, 9.17) is 4.74 Å². The number of nitrogens with zero attached hydrogens (tertiary/aromatic N) is 1. The SMILES string of the molecule is CCCNc1ncccc1COc1ccc(F)cc1C. The number of aromatic nitrogens is 1. The summed E-state index contributed by atoms with van der Waals surface area (Å²) in [6.45, 7) is 5.22. The number of rotatable bonds is 6. The number of pyridine rings is 1. The third-order valence-corrected chi connectivity index (χ3v) is 2.95. The van der Waals surface area contributed by atoms with E-state index in [9.17, 15) is 4.39 Å². The zero-order chi connectivity index (χ0) is 14.4. The van der Waals surface area contributed by atoms with Crippen molar-refractivity contribution in [1.82, 2.24) is 4.98 Å². The maximum atomic E-state index is 13.0. The van der Waals surface area contributed by atoms with Crippen molar-refractivity contribution in [3.8, 4) is 5.75 Å². The Morgan fingerprint density at radius 2 is 2.15 bits per heavy atom. The van der Waals surface area contributed by atoms with Crippen molar-refractivity contribution in [2.75, 3.05) is 11.9 Å². The molecule has 20 heavy (non-hydrogen) atoms. The number of anilines is 1. The summed E-state index contributed by atoms with van der Waals surface area (Å²) < 4.78 is 18.8. The van der Waals surface area contributed by atoms with Crippen LogP contribution < -0.4 is 10.1 Å². The van der Waals surface area contributed by atoms with E-state index in [0.29, 0.717) is 12.4 Å². The van der Waals surface area contributed by atoms with Crippen LogP contribution in [0.3, 0.4) is 0 Å². The molecule has 2 rings (SSSR count). The third-order valence-electron chi connectivity index (χ3n) is 2.95. The van der Waals surface area contributed by atoms with Gasteiger partial charge in [0.25, 0.3) is 0 Å². The quantitative estimate of drug-likeness (QED) is 0.866. The molecule has 0 unspecified atom stereocenters. The largest absolute Gasteiger partial charge is 0.488 e. The number of ether oxygens (including phenoxy) is 1. The minimum Gasteiger partial charge on any atom is -0.488 e. The molecule has 1 aromatic heterocycles. The molecule has 0 atom stereocenters. The molecule has 0 saturated carbocycles. The first-order chi connectivity index (χ1) is 9.70. The Morgan fingerprint density at radius 3 is 2.90 bits per heavy atom. The summed E-state index contributed by atoms with van der Waals surface area (Å²) in [6.07, 6.45) is 2.79. The molecule has 0 amide bonds. The number of nitrogens with one attached hydrogen (secondary N) is 1. The molecule has 0 aliphatic rings. The van der Waals surface area contributed by atoms with Gasteiger partial charge in [-0.15, -0.1) is 0 Å². The molecular weight excluding hydrogens is 255 g/mol. The lowest BCUT2D eigenvalue weighted by molar-refractivity contribution is 0.303. The highest BCUT2D eigenvalue weighted by molar-refractivity contribution is 5.43. The molecule has 3 nitrogen and oxygen atoms in total. The summed E-state index contributed by atoms with van der Waals surface area (Å²) in [7, 11) is 0. The normalized spacial score (nSPS) is 10.3. The van der Waals surface area contributed by atoms with Crippen LogP contribution in [0.1, 0.15) is 24.5 Å². The Hall–Kier alpha value is -2.10. The smallest absolute Gasteiger partial charge is 0.132 e. The van der Waals surface area contributed by atoms with E-state index in [1.54, 1.807) is 12.3 Å². The predicted octanol–water partition coefficient (Wildman–Crippen LogP) is 3.93. The van der Waals surface area contributed by atoms with E-state index >= 15 is 0 Å². The van der Waals surface area contributed by atoms with Crippen LogP contribution in [0.4, 0.5) is 10.2 Å². The van der Waals surface area contributed by atoms with Crippen molar-refractivity contribution >= 4 is 5.82 Å². The second-order valence-corrected chi connectivity index (χ2v) is 4.64. The van der Waals surface area contributed by atoms with Crippen LogP contribution in [0.5, 0.6) is 5.75 Å². The second-order valence-electron chi connectivity index (χ2n) is 4.64. The highest BCUT2D eigenvalue weighted by atomic mass is 19.1. The topological polar surface area (TPSA) is 34.2 Å². The van der Waals surface area contributed by atoms with Crippen LogP contribution >= 0.6 is 0 Å². The lowest BCUT2D eigenvalue weighted by atomic mass is 10.2. The molecule has 106 valence electrons. The number of aryl methyl sites for hydroxylation is 1. The van der Waals surface area contributed by atoms with Gasteiger partial charge in [-0.25, -0.2) is 9.37 Å². The maximum absolute atomic E-state index is 13.0. The van der Waals surface area contributed by atoms with Crippen LogP contribution in [-0.2, 0) is 6.61 Å². The molecule has 2 aromatic rings. The molecule has 0 aliphatic heterocycles. The summed E-state index contributed by atoms with van der Waals surface area (Å²) in [5.41, 5.74) is 1.78. The fourth-order valence-corrected chi connectivity index (χ4v) is 1.89. The average molecular weight is 274 g/mol. The summed E-state index contributed by atoms with van der Waals surface area (Å²) in [4.78, 5) is 4.31. The summed E-state index contributed by atoms with van der Waals surface area (Å²) in [6, 6.07) is 8.38. The number of halogens is 1. The molecule has 0 aliphatic carbocycles. The van der Waals surface area contributed by atoms with Crippen molar-refractivity contribution in [2.24, 2.45) is 0 Å². The predicted molar refractivity (Wildman–Crippen MR) is 78.5 cm³/mol. The van der Waals surface area contributed by atoms with Gasteiger partial charge in [0, 0.05) is 18.3 Å². The van der Waals surface area contributed by atoms with Gasteiger partial charge in [0.15, 0.2) is 0 Å². The van der Waals surface area contributed by atoms with Crippen molar-refractivity contribution in [1.29, 1.82) is 0 Å². The van der Waals surface area contributed by atoms with Crippen LogP contribution in [0.15, 0.2) is 36.5 Å². The summed E-state index contributed by atoms with van der Waals surface area (Å²) >= 11 is 0. The van der Waals surface area contributed by atoms with E-state index < -0.39 is 0 Å². The van der Waals surface area contributed by atoms with Gasteiger partial charge in [-0.1, -0.05) is 13.0 Å². The average Bonchev–Trinajstić information content (AvgIpc) is 2.45. The number of hydrogen-bond donors (Lipinski definition) is 1. The monoisotopic (exact) mass is 274 g/mol. The second kappa shape index (κ2) is 6.89. The Labute approximate surface area is 118 Å². The lowest BCUT2D eigenvalue weighted by Crippen LogP contribution is -2.07. The summed E-state index contributed by atoms with van der Waals surface area (Å²) in [5, 5.41) is 3.27. The molecule has 1 aromatic carbocycles. The number of hydrogen-bond acceptors (Lipinski definition) is 3. The van der Waals surface area contributed by atoms with E-state index in [0.717, 1.165) is 29.9 Å². The Kier molecular flexibility index (Phi) is 4.93. The Balaban J connectivity index is 2.06. The van der Waals surface area contributed by atoms with Gasteiger partial charge >= 0.3 is 0 Å². The van der Waals surface area contributed by atoms with Crippen LogP contribution in [-0.4, -0.2) is 11.5 Å². The third kappa shape index (κ3) is 3.70. The van der Waals surface area contributed by atoms with E-state index in [-0.39, 0.29) is 5.82 Å². The molecule has 4 heteroatoms. The first kappa shape index (κ1) is 14.3. The van der Waals surface area contributed by atoms with Gasteiger partial charge in [-0.05, 0) is 43.2 Å². The first-order valence-electron chi connectivity index (χ1n) is 6.77. The molecule has 0 bridgehead atoms. The van der Waals surface area contributed by atoms with Crippen molar-refractivity contribution in [2.45, 2.75) is 26.9 Å². The van der Waals surface area contributed by atoms with Gasteiger partial charge in [0.2, 0.25) is 0 Å². The van der Waals surface area contributed by atoms with E-state index in [2.05, 4.69) is 17.2 Å². The standard InChI is InChI=1S/C16H19FN2O/c1-3-8-18-16-13(5-4-9-19-16)11-20-15-7-6-14(17)10-12(15)2/h4-7,9-10H,3,8,11H2,1-2H3,(H,18,19). The van der Waals surface area contributed by atoms with Gasteiger partial charge in [-0.2, -0.15) is 0 Å². The Bertz CT molecular complexity index is 572. The molecule has 1 heterocycles. The van der Waals surface area contributed by atoms with Crippen molar-refractivity contribution < 1.29 is 9.13 Å². The molecule has 0 radical (unpaired) electrons. The van der Waals surface area contributed by atoms with E-state index in [1.807, 2.05) is 19.1 Å². The van der Waals surface area contributed by atoms with E-state index in [1.165, 1.54) is 12.1 Å². The van der Waals surface area contributed by atoms with Gasteiger partial charge in [0.05, 0.1) is 0 Å². The molecule has 0 fully saturated rings. The molecule has 0 spiro atoms. The van der Waals surface area contributed by atoms with Crippen molar-refractivity contribution in [3.63, 3.8) is 0 Å². The number of benzene rings is 1. The zero-order valence-corrected chi connectivity index (χ0v) is 11.8. The van der Waals surface area contributed by atoms with Gasteiger partial charge in [-0.3, -0.25) is 0 Å². The van der Waals surface area contributed by atoms with Crippen LogP contribution in [0.2, 0.25) is 0 Å². The first-order valence-corrected chi connectivity index (χ1v) is 6.77. The summed E-state index contributed by atoms with van der Waals surface area (Å²) in [5.74, 6) is 1.28. The van der Waals surface area contributed by atoms with Crippen molar-refractivity contribution in [3.05, 3.63) is 53.5 Å². The maximum Gasteiger partial charge on any atom is 0.132 e. The lowest BCUT2D eigenvalue weighted by Gasteiger charge is -2.12. The Morgan fingerprint density at radius 1 is 1.30 bits per heavy atom. The molecular formula is C16H19FN2O. The minimum absolute atomic E-state index is 0.249. The van der Waals surface area contributed by atoms with Gasteiger partial charge in [0.1, 0.15) is 24.0 Å².